The van der Waals surface area contributed by atoms with Crippen LogP contribution in [-0.2, 0) is 9.59 Å². The molecular formula is C24H20BrCl2N3O3. The van der Waals surface area contributed by atoms with Gasteiger partial charge in [0.15, 0.2) is 5.78 Å². The lowest BCUT2D eigenvalue weighted by molar-refractivity contribution is -0.122. The molecule has 0 radical (unpaired) electrons. The summed E-state index contributed by atoms with van der Waals surface area (Å²) in [6, 6.07) is 15.5. The molecule has 4 N–H and O–H groups in total. The maximum atomic E-state index is 13.0. The van der Waals surface area contributed by atoms with Gasteiger partial charge in [0.25, 0.3) is 0 Å². The second-order valence-corrected chi connectivity index (χ2v) is 9.00. The third kappa shape index (κ3) is 6.35. The Morgan fingerprint density at radius 3 is 2.36 bits per heavy atom. The van der Waals surface area contributed by atoms with Crippen molar-refractivity contribution >= 4 is 73.8 Å². The fourth-order valence-electron chi connectivity index (χ4n) is 3.11. The number of halogens is 3. The van der Waals surface area contributed by atoms with Crippen molar-refractivity contribution in [1.29, 1.82) is 0 Å². The van der Waals surface area contributed by atoms with Crippen molar-refractivity contribution in [3.8, 4) is 0 Å². The Hall–Kier alpha value is -2.87. The summed E-state index contributed by atoms with van der Waals surface area (Å²) in [6.45, 7) is 1.78. The van der Waals surface area contributed by atoms with Gasteiger partial charge < -0.3 is 16.4 Å². The van der Waals surface area contributed by atoms with Gasteiger partial charge >= 0.3 is 0 Å². The molecule has 9 heteroatoms. The molecule has 2 amide bonds. The highest BCUT2D eigenvalue weighted by Crippen LogP contribution is 2.32. The molecule has 0 unspecified atom stereocenters. The van der Waals surface area contributed by atoms with E-state index < -0.39 is 5.91 Å². The molecule has 0 aliphatic heterocycles. The Kier molecular flexibility index (Phi) is 8.13. The van der Waals surface area contributed by atoms with Crippen LogP contribution in [0, 0.1) is 6.92 Å². The van der Waals surface area contributed by atoms with Crippen molar-refractivity contribution in [2.75, 3.05) is 10.6 Å². The highest BCUT2D eigenvalue weighted by Gasteiger charge is 2.17. The van der Waals surface area contributed by atoms with E-state index in [1.807, 2.05) is 6.07 Å². The molecule has 0 fully saturated rings. The van der Waals surface area contributed by atoms with Gasteiger partial charge in [-0.2, -0.15) is 0 Å². The molecule has 3 aromatic carbocycles. The van der Waals surface area contributed by atoms with Crippen molar-refractivity contribution in [3.05, 3.63) is 85.8 Å². The van der Waals surface area contributed by atoms with Gasteiger partial charge in [0.2, 0.25) is 11.8 Å². The minimum absolute atomic E-state index is 0.0210. The molecule has 0 heterocycles. The van der Waals surface area contributed by atoms with Crippen molar-refractivity contribution in [2.24, 2.45) is 5.73 Å². The van der Waals surface area contributed by atoms with E-state index >= 15 is 0 Å². The normalized spacial score (nSPS) is 10.5. The number of hydrogen-bond acceptors (Lipinski definition) is 4. The van der Waals surface area contributed by atoms with Gasteiger partial charge in [0, 0.05) is 39.2 Å². The van der Waals surface area contributed by atoms with Crippen LogP contribution in [0.25, 0.3) is 0 Å². The molecule has 6 nitrogen and oxygen atoms in total. The fourth-order valence-corrected chi connectivity index (χ4v) is 3.91. The van der Waals surface area contributed by atoms with Crippen LogP contribution >= 0.6 is 39.1 Å². The molecule has 0 saturated carbocycles. The van der Waals surface area contributed by atoms with Gasteiger partial charge in [-0.1, -0.05) is 51.3 Å². The van der Waals surface area contributed by atoms with E-state index in [-0.39, 0.29) is 29.6 Å². The lowest BCUT2D eigenvalue weighted by Crippen LogP contribution is -2.17. The Morgan fingerprint density at radius 1 is 0.909 bits per heavy atom. The van der Waals surface area contributed by atoms with Gasteiger partial charge in [-0.15, -0.1) is 0 Å². The molecule has 0 aliphatic carbocycles. The number of nitrogens with two attached hydrogens (primary N) is 1. The van der Waals surface area contributed by atoms with Crippen molar-refractivity contribution in [2.45, 2.75) is 19.8 Å². The number of anilines is 3. The number of rotatable bonds is 8. The predicted octanol–water partition coefficient (Wildman–Crippen LogP) is 6.24. The van der Waals surface area contributed by atoms with Gasteiger partial charge in [-0.25, -0.2) is 0 Å². The van der Waals surface area contributed by atoms with E-state index in [1.54, 1.807) is 55.5 Å². The maximum Gasteiger partial charge on any atom is 0.224 e. The maximum absolute atomic E-state index is 13.0. The minimum Gasteiger partial charge on any atom is -0.370 e. The van der Waals surface area contributed by atoms with Crippen LogP contribution in [0.15, 0.2) is 59.1 Å². The second-order valence-electron chi connectivity index (χ2n) is 7.27. The topological polar surface area (TPSA) is 101 Å². The van der Waals surface area contributed by atoms with Crippen molar-refractivity contribution in [1.82, 2.24) is 0 Å². The number of hydrogen-bond donors (Lipinski definition) is 3. The standard InChI is InChI=1S/C24H20BrCl2N3O3/c1-13-16(3-2-4-18(13)26)24(33)17-7-6-15(12-19(17)27)29-20-8-5-14(25)11-21(20)30-23(32)10-9-22(28)31/h2-8,11-12,29H,9-10H2,1H3,(H2,28,31)(H,30,32). The van der Waals surface area contributed by atoms with Crippen LogP contribution < -0.4 is 16.4 Å². The first-order valence-electron chi connectivity index (χ1n) is 9.90. The Morgan fingerprint density at radius 2 is 1.67 bits per heavy atom. The summed E-state index contributed by atoms with van der Waals surface area (Å²) in [5, 5.41) is 6.74. The highest BCUT2D eigenvalue weighted by atomic mass is 79.9. The lowest BCUT2D eigenvalue weighted by atomic mass is 9.99. The van der Waals surface area contributed by atoms with Crippen LogP contribution in [0.5, 0.6) is 0 Å². The lowest BCUT2D eigenvalue weighted by Gasteiger charge is -2.15. The van der Waals surface area contributed by atoms with Crippen LogP contribution in [0.3, 0.4) is 0 Å². The fraction of sp³-hybridized carbons (Fsp3) is 0.125. The Bertz CT molecular complexity index is 1250. The SMILES string of the molecule is Cc1c(Cl)cccc1C(=O)c1ccc(Nc2ccc(Br)cc2NC(=O)CCC(N)=O)cc1Cl. The van der Waals surface area contributed by atoms with Crippen LogP contribution in [0.1, 0.15) is 34.3 Å². The molecule has 0 bridgehead atoms. The molecule has 3 rings (SSSR count). The van der Waals surface area contributed by atoms with E-state index in [2.05, 4.69) is 26.6 Å². The average Bonchev–Trinajstić information content (AvgIpc) is 2.76. The summed E-state index contributed by atoms with van der Waals surface area (Å²) in [6.07, 6.45) is -0.0629. The third-order valence-electron chi connectivity index (χ3n) is 4.86. The quantitative estimate of drug-likeness (QED) is 0.290. The number of primary amides is 1. The summed E-state index contributed by atoms with van der Waals surface area (Å²) in [4.78, 5) is 36.1. The molecule has 3 aromatic rings. The summed E-state index contributed by atoms with van der Waals surface area (Å²) < 4.78 is 0.758. The Balaban J connectivity index is 1.83. The molecule has 0 atom stereocenters. The summed E-state index contributed by atoms with van der Waals surface area (Å²) >= 11 is 16.0. The van der Waals surface area contributed by atoms with Gasteiger partial charge in [0.05, 0.1) is 16.4 Å². The van der Waals surface area contributed by atoms with E-state index in [0.717, 1.165) is 4.47 Å². The monoisotopic (exact) mass is 547 g/mol. The van der Waals surface area contributed by atoms with Crippen molar-refractivity contribution in [3.63, 3.8) is 0 Å². The van der Waals surface area contributed by atoms with Crippen LogP contribution in [0.4, 0.5) is 17.1 Å². The second kappa shape index (κ2) is 10.8. The molecule has 0 spiro atoms. The number of ketones is 1. The van der Waals surface area contributed by atoms with Gasteiger partial charge in [-0.3, -0.25) is 14.4 Å². The zero-order chi connectivity index (χ0) is 24.1. The highest BCUT2D eigenvalue weighted by molar-refractivity contribution is 9.10. The summed E-state index contributed by atoms with van der Waals surface area (Å²) in [7, 11) is 0. The first-order chi connectivity index (χ1) is 15.7. The first kappa shape index (κ1) is 24.8. The van der Waals surface area contributed by atoms with Crippen LogP contribution in [0.2, 0.25) is 10.0 Å². The first-order valence-corrected chi connectivity index (χ1v) is 11.4. The minimum atomic E-state index is -0.546. The van der Waals surface area contributed by atoms with E-state index in [9.17, 15) is 14.4 Å². The zero-order valence-electron chi connectivity index (χ0n) is 17.5. The number of carbonyl (C=O) groups excluding carboxylic acids is 3. The largest absolute Gasteiger partial charge is 0.370 e. The molecule has 170 valence electrons. The molecule has 0 saturated heterocycles. The van der Waals surface area contributed by atoms with Crippen LogP contribution in [-0.4, -0.2) is 17.6 Å². The van der Waals surface area contributed by atoms with E-state index in [4.69, 9.17) is 28.9 Å². The molecule has 33 heavy (non-hydrogen) atoms. The number of amides is 2. The van der Waals surface area contributed by atoms with E-state index in [0.29, 0.717) is 38.8 Å². The summed E-state index contributed by atoms with van der Waals surface area (Å²) in [5.74, 6) is -1.11. The van der Waals surface area contributed by atoms with Gasteiger partial charge in [-0.05, 0) is 55.0 Å². The molecule has 0 aliphatic rings. The number of nitrogens with one attached hydrogen (secondary N) is 2. The number of benzene rings is 3. The smallest absolute Gasteiger partial charge is 0.224 e. The molecular weight excluding hydrogens is 529 g/mol. The molecule has 0 aromatic heterocycles. The van der Waals surface area contributed by atoms with E-state index in [1.165, 1.54) is 0 Å². The Labute approximate surface area is 209 Å². The predicted molar refractivity (Wildman–Crippen MR) is 136 cm³/mol. The van der Waals surface area contributed by atoms with Gasteiger partial charge in [0.1, 0.15) is 0 Å². The third-order valence-corrected chi connectivity index (χ3v) is 6.07. The average molecular weight is 549 g/mol. The summed E-state index contributed by atoms with van der Waals surface area (Å²) in [5.41, 5.74) is 8.36. The van der Waals surface area contributed by atoms with Crippen molar-refractivity contribution < 1.29 is 14.4 Å². The zero-order valence-corrected chi connectivity index (χ0v) is 20.6. The number of carbonyl (C=O) groups is 3.